The Labute approximate surface area is 247 Å². The van der Waals surface area contributed by atoms with Gasteiger partial charge in [-0.15, -0.1) is 0 Å². The molecule has 1 aliphatic rings. The van der Waals surface area contributed by atoms with Crippen LogP contribution < -0.4 is 25.1 Å². The lowest BCUT2D eigenvalue weighted by atomic mass is 9.86. The van der Waals surface area contributed by atoms with Crippen LogP contribution in [0, 0.1) is 6.92 Å². The summed E-state index contributed by atoms with van der Waals surface area (Å²) in [7, 11) is -0.248. The van der Waals surface area contributed by atoms with E-state index in [-0.39, 0.29) is 28.8 Å². The molecule has 1 aliphatic heterocycles. The summed E-state index contributed by atoms with van der Waals surface area (Å²) in [4.78, 5) is 18.1. The van der Waals surface area contributed by atoms with Crippen LogP contribution in [-0.2, 0) is 21.9 Å². The molecule has 1 atom stereocenters. The Kier molecular flexibility index (Phi) is 9.17. The molecule has 12 heteroatoms. The molecular formula is C30H39N7O4S. The molecular weight excluding hydrogens is 554 g/mol. The van der Waals surface area contributed by atoms with Crippen molar-refractivity contribution < 1.29 is 17.9 Å². The van der Waals surface area contributed by atoms with Gasteiger partial charge in [0.2, 0.25) is 10.0 Å². The smallest absolute Gasteiger partial charge is 0.255 e. The molecule has 0 radical (unpaired) electrons. The van der Waals surface area contributed by atoms with Crippen molar-refractivity contribution in [3.05, 3.63) is 76.6 Å². The molecule has 11 nitrogen and oxygen atoms in total. The third kappa shape index (κ3) is 7.42. The minimum Gasteiger partial charge on any atom is -0.492 e. The van der Waals surface area contributed by atoms with Crippen LogP contribution in [0.15, 0.2) is 59.0 Å². The minimum absolute atomic E-state index is 0.169. The Morgan fingerprint density at radius 1 is 1.12 bits per heavy atom. The number of methoxy groups -OCH3 is 1. The number of amides is 1. The molecule has 0 aliphatic carbocycles. The van der Waals surface area contributed by atoms with Crippen LogP contribution in [0.2, 0.25) is 0 Å². The fourth-order valence-electron chi connectivity index (χ4n) is 4.59. The number of carbonyl (C=O) groups is 1. The SMILES string of the molecule is CNCCc1ccc(C2CN(c3cc(C(=O)Nc4cc(C(C)(C)C)cc(NS(C)(=O)=O)c4OC)ccc3C)N=N2)cn1. The van der Waals surface area contributed by atoms with Crippen LogP contribution >= 0.6 is 0 Å². The number of pyridine rings is 1. The van der Waals surface area contributed by atoms with E-state index in [2.05, 4.69) is 30.7 Å². The lowest BCUT2D eigenvalue weighted by molar-refractivity contribution is 0.102. The number of sulfonamides is 1. The Morgan fingerprint density at radius 2 is 1.86 bits per heavy atom. The number of anilines is 3. The average molecular weight is 594 g/mol. The van der Waals surface area contributed by atoms with E-state index in [4.69, 9.17) is 4.74 Å². The Bertz CT molecular complexity index is 1580. The number of aryl methyl sites for hydroxylation is 1. The standard InChI is InChI=1S/C30H39N7O4S/c1-19-8-9-20(14-27(19)37-18-26(34-36-37)21-10-11-23(32-17-21)12-13-31-5)29(38)33-24-15-22(30(2,3)4)16-25(28(24)41-6)35-42(7,39)40/h8-11,14-17,26,31,35H,12-13,18H2,1-7H3,(H,33,38). The van der Waals surface area contributed by atoms with Crippen molar-refractivity contribution in [2.75, 3.05) is 48.6 Å². The molecule has 3 aromatic rings. The van der Waals surface area contributed by atoms with Crippen molar-refractivity contribution in [1.29, 1.82) is 0 Å². The van der Waals surface area contributed by atoms with Gasteiger partial charge in [0.25, 0.3) is 5.91 Å². The molecule has 0 bridgehead atoms. The molecule has 3 N–H and O–H groups in total. The largest absolute Gasteiger partial charge is 0.492 e. The first kappa shape index (κ1) is 30.9. The molecule has 2 aromatic carbocycles. The van der Waals surface area contributed by atoms with E-state index < -0.39 is 10.0 Å². The summed E-state index contributed by atoms with van der Waals surface area (Å²) in [5.74, 6) is -0.157. The summed E-state index contributed by atoms with van der Waals surface area (Å²) >= 11 is 0. The molecule has 4 rings (SSSR count). The second-order valence-electron chi connectivity index (χ2n) is 11.4. The number of carbonyl (C=O) groups excluding carboxylic acids is 1. The quantitative estimate of drug-likeness (QED) is 0.300. The first-order chi connectivity index (χ1) is 19.8. The highest BCUT2D eigenvalue weighted by Gasteiger charge is 2.26. The van der Waals surface area contributed by atoms with Gasteiger partial charge in [0.15, 0.2) is 5.75 Å². The lowest BCUT2D eigenvalue weighted by Crippen LogP contribution is -2.20. The molecule has 1 unspecified atom stereocenters. The molecule has 0 saturated heterocycles. The monoisotopic (exact) mass is 593 g/mol. The van der Waals surface area contributed by atoms with Gasteiger partial charge in [-0.1, -0.05) is 38.1 Å². The molecule has 0 fully saturated rings. The third-order valence-corrected chi connectivity index (χ3v) is 7.55. The number of benzene rings is 2. The summed E-state index contributed by atoms with van der Waals surface area (Å²) in [5.41, 5.74) is 5.21. The Balaban J connectivity index is 1.57. The second kappa shape index (κ2) is 12.5. The van der Waals surface area contributed by atoms with E-state index in [9.17, 15) is 13.2 Å². The van der Waals surface area contributed by atoms with Crippen LogP contribution in [0.3, 0.4) is 0 Å². The summed E-state index contributed by atoms with van der Waals surface area (Å²) in [6.07, 6.45) is 3.77. The summed E-state index contributed by atoms with van der Waals surface area (Å²) in [5, 5.41) is 16.7. The maximum absolute atomic E-state index is 13.5. The van der Waals surface area contributed by atoms with Crippen molar-refractivity contribution in [3.63, 3.8) is 0 Å². The highest BCUT2D eigenvalue weighted by Crippen LogP contribution is 2.39. The van der Waals surface area contributed by atoms with Gasteiger partial charge in [0.1, 0.15) is 6.04 Å². The van der Waals surface area contributed by atoms with E-state index in [1.807, 2.05) is 59.1 Å². The van der Waals surface area contributed by atoms with E-state index in [0.29, 0.717) is 17.8 Å². The van der Waals surface area contributed by atoms with Gasteiger partial charge in [0, 0.05) is 30.4 Å². The highest BCUT2D eigenvalue weighted by molar-refractivity contribution is 7.92. The fourth-order valence-corrected chi connectivity index (χ4v) is 5.14. The fraction of sp³-hybridized carbons (Fsp3) is 0.400. The van der Waals surface area contributed by atoms with Gasteiger partial charge in [-0.2, -0.15) is 5.11 Å². The van der Waals surface area contributed by atoms with E-state index in [1.165, 1.54) is 7.11 Å². The van der Waals surface area contributed by atoms with E-state index in [1.54, 1.807) is 29.3 Å². The number of aromatic nitrogens is 1. The number of rotatable bonds is 10. The zero-order chi connectivity index (χ0) is 30.7. The Hall–Kier alpha value is -4.03. The predicted molar refractivity (Wildman–Crippen MR) is 166 cm³/mol. The van der Waals surface area contributed by atoms with E-state index >= 15 is 0 Å². The summed E-state index contributed by atoms with van der Waals surface area (Å²) in [6.45, 7) is 9.34. The number of hydrogen-bond acceptors (Lipinski definition) is 9. The molecule has 1 aromatic heterocycles. The average Bonchev–Trinajstić information content (AvgIpc) is 3.41. The molecule has 0 spiro atoms. The van der Waals surface area contributed by atoms with Crippen molar-refractivity contribution in [1.82, 2.24) is 10.3 Å². The van der Waals surface area contributed by atoms with Gasteiger partial charge in [-0.3, -0.25) is 14.5 Å². The van der Waals surface area contributed by atoms with Gasteiger partial charge >= 0.3 is 0 Å². The van der Waals surface area contributed by atoms with Gasteiger partial charge in [-0.25, -0.2) is 13.4 Å². The van der Waals surface area contributed by atoms with Gasteiger partial charge in [-0.05, 0) is 66.4 Å². The van der Waals surface area contributed by atoms with E-state index in [0.717, 1.165) is 47.3 Å². The number of likely N-dealkylation sites (N-methyl/N-ethyl adjacent to an activating group) is 1. The van der Waals surface area contributed by atoms with Crippen molar-refractivity contribution >= 4 is 33.0 Å². The maximum atomic E-state index is 13.5. The number of nitrogens with one attached hydrogen (secondary N) is 3. The number of hydrogen-bond donors (Lipinski definition) is 3. The molecule has 224 valence electrons. The predicted octanol–water partition coefficient (Wildman–Crippen LogP) is 5.01. The van der Waals surface area contributed by atoms with Crippen molar-refractivity contribution in [2.24, 2.45) is 10.3 Å². The molecule has 2 heterocycles. The third-order valence-electron chi connectivity index (χ3n) is 6.96. The lowest BCUT2D eigenvalue weighted by Gasteiger charge is -2.24. The highest BCUT2D eigenvalue weighted by atomic mass is 32.2. The minimum atomic E-state index is -3.59. The topological polar surface area (TPSA) is 137 Å². The van der Waals surface area contributed by atoms with Crippen LogP contribution in [0.1, 0.15) is 59.6 Å². The van der Waals surface area contributed by atoms with Crippen molar-refractivity contribution in [2.45, 2.75) is 45.6 Å². The molecule has 1 amide bonds. The summed E-state index contributed by atoms with van der Waals surface area (Å²) in [6, 6.07) is 12.8. The molecule has 0 saturated carbocycles. The van der Waals surface area contributed by atoms with Crippen LogP contribution in [0.25, 0.3) is 0 Å². The first-order valence-electron chi connectivity index (χ1n) is 13.7. The number of ether oxygens (including phenoxy) is 1. The summed E-state index contributed by atoms with van der Waals surface area (Å²) < 4.78 is 32.2. The normalized spacial score (nSPS) is 15.1. The van der Waals surface area contributed by atoms with Gasteiger partial charge in [0.05, 0.1) is 37.0 Å². The van der Waals surface area contributed by atoms with Crippen LogP contribution in [0.4, 0.5) is 17.1 Å². The first-order valence-corrected chi connectivity index (χ1v) is 15.6. The Morgan fingerprint density at radius 3 is 2.48 bits per heavy atom. The zero-order valence-electron chi connectivity index (χ0n) is 25.1. The van der Waals surface area contributed by atoms with Crippen LogP contribution in [-0.4, -0.2) is 52.8 Å². The van der Waals surface area contributed by atoms with Crippen molar-refractivity contribution in [3.8, 4) is 5.75 Å². The zero-order valence-corrected chi connectivity index (χ0v) is 26.0. The maximum Gasteiger partial charge on any atom is 0.255 e. The number of nitrogens with zero attached hydrogens (tertiary/aromatic N) is 4. The van der Waals surface area contributed by atoms with Gasteiger partial charge < -0.3 is 15.4 Å². The van der Waals surface area contributed by atoms with Crippen LogP contribution in [0.5, 0.6) is 5.75 Å². The second-order valence-corrected chi connectivity index (χ2v) is 13.2. The molecule has 42 heavy (non-hydrogen) atoms.